The Kier molecular flexibility index (Phi) is 6.48. The quantitative estimate of drug-likeness (QED) is 0.783. The number of nitrogens with one attached hydrogen (secondary N) is 1. The van der Waals surface area contributed by atoms with Crippen molar-refractivity contribution in [2.75, 3.05) is 13.2 Å². The average molecular weight is 279 g/mol. The molecule has 0 amide bonds. The Hall–Kier alpha value is -0.930. The Balaban J connectivity index is 1.87. The van der Waals surface area contributed by atoms with E-state index in [-0.39, 0.29) is 5.82 Å². The number of rotatable bonds is 8. The average Bonchev–Trinajstić information content (AvgIpc) is 2.97. The van der Waals surface area contributed by atoms with E-state index in [2.05, 4.69) is 12.2 Å². The van der Waals surface area contributed by atoms with Crippen molar-refractivity contribution >= 4 is 0 Å². The summed E-state index contributed by atoms with van der Waals surface area (Å²) in [5.74, 6) is -0.0899. The fraction of sp³-hybridized carbons (Fsp3) is 0.647. The van der Waals surface area contributed by atoms with Gasteiger partial charge < -0.3 is 10.1 Å². The molecule has 2 rings (SSSR count). The lowest BCUT2D eigenvalue weighted by Crippen LogP contribution is -2.33. The first-order valence-electron chi connectivity index (χ1n) is 7.88. The summed E-state index contributed by atoms with van der Waals surface area (Å²) in [5, 5.41) is 3.55. The van der Waals surface area contributed by atoms with Crippen LogP contribution in [0.5, 0.6) is 0 Å². The summed E-state index contributed by atoms with van der Waals surface area (Å²) < 4.78 is 19.4. The van der Waals surface area contributed by atoms with Crippen molar-refractivity contribution in [2.24, 2.45) is 0 Å². The fourth-order valence-corrected chi connectivity index (χ4v) is 2.81. The molecule has 1 heterocycles. The lowest BCUT2D eigenvalue weighted by atomic mass is 9.99. The van der Waals surface area contributed by atoms with Gasteiger partial charge >= 0.3 is 0 Å². The SMILES string of the molecule is CCCNC(CCC1CCCO1)Cc1ccccc1F. The Morgan fingerprint density at radius 3 is 2.95 bits per heavy atom. The number of ether oxygens (including phenoxy) is 1. The molecule has 0 spiro atoms. The summed E-state index contributed by atoms with van der Waals surface area (Å²) in [6.07, 6.45) is 6.79. The van der Waals surface area contributed by atoms with Crippen molar-refractivity contribution in [1.82, 2.24) is 5.32 Å². The second-order valence-corrected chi connectivity index (χ2v) is 5.66. The van der Waals surface area contributed by atoms with Crippen molar-refractivity contribution < 1.29 is 9.13 Å². The molecule has 0 bridgehead atoms. The van der Waals surface area contributed by atoms with Gasteiger partial charge in [0.2, 0.25) is 0 Å². The summed E-state index contributed by atoms with van der Waals surface area (Å²) in [4.78, 5) is 0. The van der Waals surface area contributed by atoms with Crippen LogP contribution in [0.3, 0.4) is 0 Å². The maximum Gasteiger partial charge on any atom is 0.126 e. The highest BCUT2D eigenvalue weighted by atomic mass is 19.1. The third-order valence-electron chi connectivity index (χ3n) is 3.97. The zero-order valence-electron chi connectivity index (χ0n) is 12.4. The van der Waals surface area contributed by atoms with Crippen LogP contribution in [0.25, 0.3) is 0 Å². The van der Waals surface area contributed by atoms with Crippen LogP contribution in [0.4, 0.5) is 4.39 Å². The van der Waals surface area contributed by atoms with E-state index in [1.807, 2.05) is 12.1 Å². The Bertz CT molecular complexity index is 390. The number of hydrogen-bond donors (Lipinski definition) is 1. The minimum Gasteiger partial charge on any atom is -0.378 e. The van der Waals surface area contributed by atoms with Gasteiger partial charge in [-0.3, -0.25) is 0 Å². The zero-order valence-corrected chi connectivity index (χ0v) is 12.4. The van der Waals surface area contributed by atoms with Crippen LogP contribution in [0, 0.1) is 5.82 Å². The zero-order chi connectivity index (χ0) is 14.2. The number of benzene rings is 1. The van der Waals surface area contributed by atoms with Gasteiger partial charge in [0.1, 0.15) is 5.82 Å². The number of halogens is 1. The first kappa shape index (κ1) is 15.5. The topological polar surface area (TPSA) is 21.3 Å². The van der Waals surface area contributed by atoms with Gasteiger partial charge in [-0.05, 0) is 56.7 Å². The fourth-order valence-electron chi connectivity index (χ4n) is 2.81. The van der Waals surface area contributed by atoms with E-state index in [9.17, 15) is 4.39 Å². The van der Waals surface area contributed by atoms with Crippen LogP contribution in [-0.4, -0.2) is 25.3 Å². The molecule has 1 saturated heterocycles. The third-order valence-corrected chi connectivity index (χ3v) is 3.97. The minimum absolute atomic E-state index is 0.0899. The maximum absolute atomic E-state index is 13.8. The van der Waals surface area contributed by atoms with Gasteiger partial charge in [0.25, 0.3) is 0 Å². The molecule has 0 aliphatic carbocycles. The lowest BCUT2D eigenvalue weighted by molar-refractivity contribution is 0.0995. The van der Waals surface area contributed by atoms with Crippen molar-refractivity contribution in [3.63, 3.8) is 0 Å². The Morgan fingerprint density at radius 2 is 2.25 bits per heavy atom. The molecule has 2 unspecified atom stereocenters. The first-order valence-corrected chi connectivity index (χ1v) is 7.88. The molecule has 1 fully saturated rings. The van der Waals surface area contributed by atoms with Gasteiger partial charge in [-0.1, -0.05) is 25.1 Å². The monoisotopic (exact) mass is 279 g/mol. The van der Waals surface area contributed by atoms with Gasteiger partial charge in [-0.15, -0.1) is 0 Å². The molecule has 0 radical (unpaired) electrons. The van der Waals surface area contributed by atoms with Crippen molar-refractivity contribution in [3.05, 3.63) is 35.6 Å². The molecule has 2 nitrogen and oxygen atoms in total. The summed E-state index contributed by atoms with van der Waals surface area (Å²) in [6.45, 7) is 4.06. The molecule has 1 N–H and O–H groups in total. The second kappa shape index (κ2) is 8.38. The summed E-state index contributed by atoms with van der Waals surface area (Å²) in [6, 6.07) is 7.44. The maximum atomic E-state index is 13.8. The van der Waals surface area contributed by atoms with Gasteiger partial charge in [-0.25, -0.2) is 4.39 Å². The lowest BCUT2D eigenvalue weighted by Gasteiger charge is -2.20. The molecule has 0 saturated carbocycles. The highest BCUT2D eigenvalue weighted by Gasteiger charge is 2.18. The molecule has 1 aliphatic rings. The van der Waals surface area contributed by atoms with Crippen molar-refractivity contribution in [3.8, 4) is 0 Å². The molecular formula is C17H26FNO. The van der Waals surface area contributed by atoms with Crippen LogP contribution in [0.1, 0.15) is 44.6 Å². The van der Waals surface area contributed by atoms with E-state index in [1.54, 1.807) is 12.1 Å². The smallest absolute Gasteiger partial charge is 0.126 e. The molecule has 2 atom stereocenters. The van der Waals surface area contributed by atoms with Gasteiger partial charge in [0.05, 0.1) is 6.10 Å². The molecule has 112 valence electrons. The van der Waals surface area contributed by atoms with Crippen LogP contribution in [-0.2, 0) is 11.2 Å². The minimum atomic E-state index is -0.0899. The van der Waals surface area contributed by atoms with E-state index in [0.29, 0.717) is 12.1 Å². The van der Waals surface area contributed by atoms with Crippen molar-refractivity contribution in [2.45, 2.75) is 57.6 Å². The predicted molar refractivity (Wildman–Crippen MR) is 80.4 cm³/mol. The summed E-state index contributed by atoms with van der Waals surface area (Å²) in [5.41, 5.74) is 0.813. The van der Waals surface area contributed by atoms with Crippen molar-refractivity contribution in [1.29, 1.82) is 0 Å². The molecule has 1 aromatic carbocycles. The normalized spacial score (nSPS) is 20.2. The Morgan fingerprint density at radius 1 is 1.40 bits per heavy atom. The van der Waals surface area contributed by atoms with E-state index >= 15 is 0 Å². The first-order chi connectivity index (χ1) is 9.79. The van der Waals surface area contributed by atoms with E-state index in [0.717, 1.165) is 44.4 Å². The summed E-state index contributed by atoms with van der Waals surface area (Å²) in [7, 11) is 0. The number of hydrogen-bond acceptors (Lipinski definition) is 2. The predicted octanol–water partition coefficient (Wildman–Crippen LogP) is 3.70. The summed E-state index contributed by atoms with van der Waals surface area (Å²) >= 11 is 0. The highest BCUT2D eigenvalue weighted by molar-refractivity contribution is 5.18. The van der Waals surface area contributed by atoms with E-state index in [1.165, 1.54) is 12.8 Å². The largest absolute Gasteiger partial charge is 0.378 e. The van der Waals surface area contributed by atoms with Crippen LogP contribution in [0.15, 0.2) is 24.3 Å². The standard InChI is InChI=1S/C17H26FNO/c1-2-11-19-15(9-10-16-7-5-12-20-16)13-14-6-3-4-8-17(14)18/h3-4,6,8,15-16,19H,2,5,7,9-13H2,1H3. The van der Waals surface area contributed by atoms with E-state index in [4.69, 9.17) is 4.74 Å². The molecule has 20 heavy (non-hydrogen) atoms. The highest BCUT2D eigenvalue weighted by Crippen LogP contribution is 2.19. The molecule has 1 aliphatic heterocycles. The third kappa shape index (κ3) is 4.88. The Labute approximate surface area is 121 Å². The van der Waals surface area contributed by atoms with Crippen LogP contribution < -0.4 is 5.32 Å². The molecule has 1 aromatic rings. The van der Waals surface area contributed by atoms with Gasteiger partial charge in [-0.2, -0.15) is 0 Å². The molecular weight excluding hydrogens is 253 g/mol. The van der Waals surface area contributed by atoms with Gasteiger partial charge in [0, 0.05) is 12.6 Å². The molecule has 3 heteroatoms. The van der Waals surface area contributed by atoms with Crippen LogP contribution in [0.2, 0.25) is 0 Å². The second-order valence-electron chi connectivity index (χ2n) is 5.66. The molecule has 0 aromatic heterocycles. The van der Waals surface area contributed by atoms with Gasteiger partial charge in [0.15, 0.2) is 0 Å². The van der Waals surface area contributed by atoms with Crippen LogP contribution >= 0.6 is 0 Å². The van der Waals surface area contributed by atoms with E-state index < -0.39 is 0 Å².